The molecule has 0 bridgehead atoms. The van der Waals surface area contributed by atoms with Gasteiger partial charge in [-0.1, -0.05) is 6.07 Å². The number of benzene rings is 1. The molecule has 104 valence electrons. The highest BCUT2D eigenvalue weighted by Crippen LogP contribution is 2.26. The Bertz CT molecular complexity index is 645. The van der Waals surface area contributed by atoms with Gasteiger partial charge in [-0.2, -0.15) is 0 Å². The molecule has 0 spiro atoms. The van der Waals surface area contributed by atoms with Crippen molar-refractivity contribution in [2.45, 2.75) is 19.5 Å². The van der Waals surface area contributed by atoms with E-state index in [1.807, 2.05) is 0 Å². The molecule has 1 aliphatic rings. The van der Waals surface area contributed by atoms with Crippen LogP contribution in [0.15, 0.2) is 24.4 Å². The molecule has 0 aliphatic carbocycles. The highest BCUT2D eigenvalue weighted by Gasteiger charge is 2.19. The highest BCUT2D eigenvalue weighted by atomic mass is 16.3. The minimum Gasteiger partial charge on any atom is -0.508 e. The van der Waals surface area contributed by atoms with Crippen LogP contribution in [-0.4, -0.2) is 31.6 Å². The van der Waals surface area contributed by atoms with Crippen molar-refractivity contribution in [3.05, 3.63) is 41.2 Å². The molecule has 0 saturated heterocycles. The first-order valence-corrected chi connectivity index (χ1v) is 6.45. The molecule has 0 atom stereocenters. The van der Waals surface area contributed by atoms with Crippen molar-refractivity contribution in [3.8, 4) is 11.5 Å². The van der Waals surface area contributed by atoms with Crippen LogP contribution >= 0.6 is 0 Å². The topological polar surface area (TPSA) is 95.5 Å². The van der Waals surface area contributed by atoms with Crippen LogP contribution in [-0.2, 0) is 19.5 Å². The maximum Gasteiger partial charge on any atom is 0.220 e. The second-order valence-corrected chi connectivity index (χ2v) is 4.97. The fourth-order valence-corrected chi connectivity index (χ4v) is 2.45. The van der Waals surface area contributed by atoms with Crippen LogP contribution in [0.3, 0.4) is 0 Å². The third-order valence-corrected chi connectivity index (χ3v) is 3.49. The number of rotatable bonds is 2. The number of fused-ring (bicyclic) bond motifs is 1. The van der Waals surface area contributed by atoms with E-state index in [0.717, 1.165) is 36.3 Å². The Kier molecular flexibility index (Phi) is 3.15. The molecule has 0 unspecified atom stereocenters. The number of aromatic hydroxyl groups is 2. The summed E-state index contributed by atoms with van der Waals surface area (Å²) >= 11 is 0. The Morgan fingerprint density at radius 1 is 1.30 bits per heavy atom. The first-order chi connectivity index (χ1) is 9.61. The van der Waals surface area contributed by atoms with Crippen LogP contribution in [0, 0.1) is 0 Å². The summed E-state index contributed by atoms with van der Waals surface area (Å²) in [6, 6.07) is 4.67. The van der Waals surface area contributed by atoms with Crippen LogP contribution < -0.4 is 5.73 Å². The van der Waals surface area contributed by atoms with Gasteiger partial charge in [0, 0.05) is 49.4 Å². The van der Waals surface area contributed by atoms with E-state index in [2.05, 4.69) is 14.9 Å². The number of nitrogens with zero attached hydrogens (tertiary/aromatic N) is 3. The van der Waals surface area contributed by atoms with Crippen molar-refractivity contribution in [3.63, 3.8) is 0 Å². The number of aromatic nitrogens is 2. The number of phenols is 2. The molecule has 0 fully saturated rings. The summed E-state index contributed by atoms with van der Waals surface area (Å²) in [6.07, 6.45) is 2.58. The van der Waals surface area contributed by atoms with E-state index in [0.29, 0.717) is 12.5 Å². The number of nitrogen functional groups attached to an aromatic ring is 1. The lowest BCUT2D eigenvalue weighted by molar-refractivity contribution is 0.239. The molecule has 0 amide bonds. The minimum atomic E-state index is 0.0686. The quantitative estimate of drug-likeness (QED) is 0.755. The van der Waals surface area contributed by atoms with Crippen LogP contribution in [0.4, 0.5) is 5.95 Å². The molecule has 1 aliphatic heterocycles. The zero-order valence-corrected chi connectivity index (χ0v) is 11.0. The van der Waals surface area contributed by atoms with Gasteiger partial charge in [-0.15, -0.1) is 0 Å². The number of hydrogen-bond donors (Lipinski definition) is 3. The molecule has 3 rings (SSSR count). The van der Waals surface area contributed by atoms with Gasteiger partial charge >= 0.3 is 0 Å². The molecule has 2 aromatic rings. The second-order valence-electron chi connectivity index (χ2n) is 4.97. The van der Waals surface area contributed by atoms with E-state index in [-0.39, 0.29) is 11.5 Å². The van der Waals surface area contributed by atoms with Gasteiger partial charge in [0.2, 0.25) is 5.95 Å². The number of hydrogen-bond acceptors (Lipinski definition) is 6. The molecular weight excluding hydrogens is 256 g/mol. The monoisotopic (exact) mass is 272 g/mol. The molecule has 6 nitrogen and oxygen atoms in total. The molecule has 4 N–H and O–H groups in total. The second kappa shape index (κ2) is 4.97. The summed E-state index contributed by atoms with van der Waals surface area (Å²) in [5, 5.41) is 19.1. The lowest BCUT2D eigenvalue weighted by Gasteiger charge is -2.28. The summed E-state index contributed by atoms with van der Waals surface area (Å²) in [4.78, 5) is 10.5. The number of anilines is 1. The average Bonchev–Trinajstić information content (AvgIpc) is 2.42. The van der Waals surface area contributed by atoms with Crippen molar-refractivity contribution in [1.29, 1.82) is 0 Å². The molecule has 0 radical (unpaired) electrons. The summed E-state index contributed by atoms with van der Waals surface area (Å²) in [6.45, 7) is 2.20. The SMILES string of the molecule is Nc1ncc2c(n1)CCN(Cc1ccc(O)cc1O)C2. The normalized spacial score (nSPS) is 15.0. The van der Waals surface area contributed by atoms with E-state index in [4.69, 9.17) is 5.73 Å². The van der Waals surface area contributed by atoms with Crippen molar-refractivity contribution in [1.82, 2.24) is 14.9 Å². The Balaban J connectivity index is 1.75. The third-order valence-electron chi connectivity index (χ3n) is 3.49. The van der Waals surface area contributed by atoms with Crippen molar-refractivity contribution >= 4 is 5.95 Å². The zero-order valence-electron chi connectivity index (χ0n) is 11.0. The zero-order chi connectivity index (χ0) is 14.1. The predicted molar refractivity (Wildman–Crippen MR) is 74.0 cm³/mol. The summed E-state index contributed by atoms with van der Waals surface area (Å²) < 4.78 is 0. The predicted octanol–water partition coefficient (Wildman–Crippen LogP) is 1.03. The molecule has 2 heterocycles. The maximum atomic E-state index is 9.83. The summed E-state index contributed by atoms with van der Waals surface area (Å²) in [7, 11) is 0. The summed E-state index contributed by atoms with van der Waals surface area (Å²) in [5.74, 6) is 0.497. The van der Waals surface area contributed by atoms with E-state index in [9.17, 15) is 10.2 Å². The van der Waals surface area contributed by atoms with Gasteiger partial charge in [0.15, 0.2) is 0 Å². The molecule has 6 heteroatoms. The Labute approximate surface area is 116 Å². The van der Waals surface area contributed by atoms with Gasteiger partial charge in [0.25, 0.3) is 0 Å². The molecule has 0 saturated carbocycles. The smallest absolute Gasteiger partial charge is 0.220 e. The largest absolute Gasteiger partial charge is 0.508 e. The molecule has 1 aromatic heterocycles. The Morgan fingerprint density at radius 2 is 2.15 bits per heavy atom. The van der Waals surface area contributed by atoms with Crippen molar-refractivity contribution < 1.29 is 10.2 Å². The van der Waals surface area contributed by atoms with E-state index >= 15 is 0 Å². The minimum absolute atomic E-state index is 0.0686. The first kappa shape index (κ1) is 12.7. The first-order valence-electron chi connectivity index (χ1n) is 6.45. The van der Waals surface area contributed by atoms with E-state index in [1.165, 1.54) is 6.07 Å². The molecule has 20 heavy (non-hydrogen) atoms. The van der Waals surface area contributed by atoms with Gasteiger partial charge in [-0.3, -0.25) is 4.90 Å². The number of nitrogens with two attached hydrogens (primary N) is 1. The van der Waals surface area contributed by atoms with E-state index < -0.39 is 0 Å². The van der Waals surface area contributed by atoms with Gasteiger partial charge < -0.3 is 15.9 Å². The standard InChI is InChI=1S/C14H16N4O2/c15-14-16-6-10-8-18(4-3-12(10)17-14)7-9-1-2-11(19)5-13(9)20/h1-2,5-6,19-20H,3-4,7-8H2,(H2,15,16,17). The lowest BCUT2D eigenvalue weighted by atomic mass is 10.1. The van der Waals surface area contributed by atoms with Gasteiger partial charge in [-0.25, -0.2) is 9.97 Å². The Morgan fingerprint density at radius 3 is 2.95 bits per heavy atom. The van der Waals surface area contributed by atoms with Gasteiger partial charge in [0.05, 0.1) is 5.69 Å². The van der Waals surface area contributed by atoms with Crippen LogP contribution in [0.1, 0.15) is 16.8 Å². The van der Waals surface area contributed by atoms with Crippen molar-refractivity contribution in [2.24, 2.45) is 0 Å². The fourth-order valence-electron chi connectivity index (χ4n) is 2.45. The van der Waals surface area contributed by atoms with Crippen LogP contribution in [0.25, 0.3) is 0 Å². The van der Waals surface area contributed by atoms with Gasteiger partial charge in [-0.05, 0) is 6.07 Å². The van der Waals surface area contributed by atoms with Crippen LogP contribution in [0.5, 0.6) is 11.5 Å². The third kappa shape index (κ3) is 2.50. The number of phenolic OH excluding ortho intramolecular Hbond substituents is 2. The average molecular weight is 272 g/mol. The molecule has 1 aromatic carbocycles. The fraction of sp³-hybridized carbons (Fsp3) is 0.286. The Hall–Kier alpha value is -2.34. The van der Waals surface area contributed by atoms with Gasteiger partial charge in [0.1, 0.15) is 11.5 Å². The van der Waals surface area contributed by atoms with Crippen molar-refractivity contribution in [2.75, 3.05) is 12.3 Å². The summed E-state index contributed by atoms with van der Waals surface area (Å²) in [5.41, 5.74) is 8.45. The van der Waals surface area contributed by atoms with E-state index in [1.54, 1.807) is 18.3 Å². The highest BCUT2D eigenvalue weighted by molar-refractivity contribution is 5.39. The van der Waals surface area contributed by atoms with Crippen LogP contribution in [0.2, 0.25) is 0 Å². The molecular formula is C14H16N4O2. The maximum absolute atomic E-state index is 9.83. The lowest BCUT2D eigenvalue weighted by Crippen LogP contribution is -2.31.